The third kappa shape index (κ3) is 1.95. The summed E-state index contributed by atoms with van der Waals surface area (Å²) in [4.78, 5) is 24.8. The zero-order chi connectivity index (χ0) is 14.4. The van der Waals surface area contributed by atoms with Crippen LogP contribution in [0.4, 0.5) is 5.82 Å². The molecule has 21 heavy (non-hydrogen) atoms. The van der Waals surface area contributed by atoms with Crippen molar-refractivity contribution in [3.63, 3.8) is 0 Å². The number of nitrogens with one attached hydrogen (secondary N) is 2. The van der Waals surface area contributed by atoms with E-state index in [1.165, 1.54) is 0 Å². The largest absolute Gasteiger partial charge is 0.371 e. The lowest BCUT2D eigenvalue weighted by atomic mass is 9.77. The maximum atomic E-state index is 11.8. The summed E-state index contributed by atoms with van der Waals surface area (Å²) in [5.41, 5.74) is 1.61. The van der Waals surface area contributed by atoms with Crippen molar-refractivity contribution in [1.82, 2.24) is 24.8 Å². The van der Waals surface area contributed by atoms with Gasteiger partial charge in [0.25, 0.3) is 0 Å². The zero-order valence-electron chi connectivity index (χ0n) is 11.9. The van der Waals surface area contributed by atoms with Gasteiger partial charge in [-0.3, -0.25) is 4.79 Å². The number of nitrogens with zero attached hydrogens (tertiary/aromatic N) is 4. The van der Waals surface area contributed by atoms with E-state index < -0.39 is 0 Å². The Morgan fingerprint density at radius 3 is 3.10 bits per heavy atom. The highest BCUT2D eigenvalue weighted by Crippen LogP contribution is 2.38. The van der Waals surface area contributed by atoms with Crippen LogP contribution >= 0.6 is 0 Å². The van der Waals surface area contributed by atoms with Crippen LogP contribution in [-0.2, 0) is 4.79 Å². The third-order valence-corrected chi connectivity index (χ3v) is 4.70. The Morgan fingerprint density at radius 1 is 1.33 bits per heavy atom. The SMILES string of the molecule is CNc1ncnc2c1ncn2[C@@H]1CC[C@H]2CC(=O)N[C@H]1C2. The van der Waals surface area contributed by atoms with Crippen molar-refractivity contribution < 1.29 is 4.79 Å². The fourth-order valence-corrected chi connectivity index (χ4v) is 3.72. The van der Waals surface area contributed by atoms with E-state index in [1.54, 1.807) is 6.33 Å². The molecule has 1 saturated carbocycles. The van der Waals surface area contributed by atoms with Crippen LogP contribution in [-0.4, -0.2) is 38.5 Å². The lowest BCUT2D eigenvalue weighted by Crippen LogP contribution is -2.49. The molecule has 3 atom stereocenters. The van der Waals surface area contributed by atoms with Gasteiger partial charge < -0.3 is 15.2 Å². The van der Waals surface area contributed by atoms with E-state index in [0.717, 1.165) is 36.2 Å². The third-order valence-electron chi connectivity index (χ3n) is 4.70. The van der Waals surface area contributed by atoms with Crippen LogP contribution in [0.15, 0.2) is 12.7 Å². The maximum absolute atomic E-state index is 11.8. The Labute approximate surface area is 122 Å². The molecule has 2 N–H and O–H groups in total. The summed E-state index contributed by atoms with van der Waals surface area (Å²) < 4.78 is 2.10. The number of anilines is 1. The Morgan fingerprint density at radius 2 is 2.24 bits per heavy atom. The number of hydrogen-bond acceptors (Lipinski definition) is 5. The molecule has 2 aromatic heterocycles. The van der Waals surface area contributed by atoms with E-state index in [4.69, 9.17) is 0 Å². The van der Waals surface area contributed by atoms with Crippen LogP contribution in [0.3, 0.4) is 0 Å². The van der Waals surface area contributed by atoms with Crippen LogP contribution in [0.25, 0.3) is 11.2 Å². The molecule has 7 nitrogen and oxygen atoms in total. The number of fused-ring (bicyclic) bond motifs is 3. The van der Waals surface area contributed by atoms with Crippen LogP contribution in [0.1, 0.15) is 31.7 Å². The van der Waals surface area contributed by atoms with E-state index in [1.807, 2.05) is 13.4 Å². The van der Waals surface area contributed by atoms with Crippen LogP contribution in [0, 0.1) is 5.92 Å². The van der Waals surface area contributed by atoms with Gasteiger partial charge in [-0.15, -0.1) is 0 Å². The second kappa shape index (κ2) is 4.68. The van der Waals surface area contributed by atoms with Gasteiger partial charge in [-0.05, 0) is 25.2 Å². The van der Waals surface area contributed by atoms with E-state index in [-0.39, 0.29) is 18.0 Å². The molecule has 2 bridgehead atoms. The summed E-state index contributed by atoms with van der Waals surface area (Å²) in [6, 6.07) is 0.422. The summed E-state index contributed by atoms with van der Waals surface area (Å²) in [5.74, 6) is 1.45. The van der Waals surface area contributed by atoms with Gasteiger partial charge in [0.2, 0.25) is 5.91 Å². The maximum Gasteiger partial charge on any atom is 0.220 e. The molecule has 1 saturated heterocycles. The lowest BCUT2D eigenvalue weighted by Gasteiger charge is -2.40. The molecule has 0 spiro atoms. The van der Waals surface area contributed by atoms with Gasteiger partial charge in [-0.2, -0.15) is 0 Å². The number of hydrogen-bond donors (Lipinski definition) is 2. The van der Waals surface area contributed by atoms with Crippen molar-refractivity contribution >= 4 is 22.9 Å². The molecule has 2 aromatic rings. The molecule has 2 fully saturated rings. The summed E-state index contributed by atoms with van der Waals surface area (Å²) in [5, 5.41) is 6.17. The normalized spacial score (nSPS) is 28.4. The zero-order valence-corrected chi connectivity index (χ0v) is 11.9. The van der Waals surface area contributed by atoms with Crippen molar-refractivity contribution in [2.45, 2.75) is 37.8 Å². The highest BCUT2D eigenvalue weighted by Gasteiger charge is 2.38. The van der Waals surface area contributed by atoms with Crippen LogP contribution in [0.2, 0.25) is 0 Å². The van der Waals surface area contributed by atoms with Gasteiger partial charge in [0.15, 0.2) is 11.5 Å². The second-order valence-electron chi connectivity index (χ2n) is 5.92. The summed E-state index contributed by atoms with van der Waals surface area (Å²) in [6.45, 7) is 0. The quantitative estimate of drug-likeness (QED) is 0.863. The van der Waals surface area contributed by atoms with Crippen LogP contribution in [0.5, 0.6) is 0 Å². The van der Waals surface area contributed by atoms with Gasteiger partial charge in [-0.25, -0.2) is 15.0 Å². The highest BCUT2D eigenvalue weighted by atomic mass is 16.1. The van der Waals surface area contributed by atoms with E-state index in [9.17, 15) is 4.79 Å². The topological polar surface area (TPSA) is 84.7 Å². The molecule has 1 aliphatic carbocycles. The Bertz CT molecular complexity index is 696. The fourth-order valence-electron chi connectivity index (χ4n) is 3.72. The average molecular weight is 286 g/mol. The minimum Gasteiger partial charge on any atom is -0.371 e. The number of rotatable bonds is 2. The minimum absolute atomic E-state index is 0.177. The van der Waals surface area contributed by atoms with Gasteiger partial charge in [-0.1, -0.05) is 0 Å². The highest BCUT2D eigenvalue weighted by molar-refractivity contribution is 5.82. The van der Waals surface area contributed by atoms with Gasteiger partial charge in [0.1, 0.15) is 11.8 Å². The molecule has 0 radical (unpaired) electrons. The predicted octanol–water partition coefficient (Wildman–Crippen LogP) is 1.10. The predicted molar refractivity (Wildman–Crippen MR) is 77.8 cm³/mol. The lowest BCUT2D eigenvalue weighted by molar-refractivity contribution is -0.126. The first-order valence-corrected chi connectivity index (χ1v) is 7.41. The van der Waals surface area contributed by atoms with Crippen molar-refractivity contribution in [2.75, 3.05) is 12.4 Å². The molecular weight excluding hydrogens is 268 g/mol. The molecule has 2 aliphatic rings. The molecule has 4 rings (SSSR count). The molecule has 7 heteroatoms. The fraction of sp³-hybridized carbons (Fsp3) is 0.571. The first-order valence-electron chi connectivity index (χ1n) is 7.41. The molecule has 0 aromatic carbocycles. The minimum atomic E-state index is 0.177. The first kappa shape index (κ1) is 12.6. The van der Waals surface area contributed by atoms with Gasteiger partial charge in [0, 0.05) is 19.5 Å². The van der Waals surface area contributed by atoms with Crippen molar-refractivity contribution in [1.29, 1.82) is 0 Å². The second-order valence-corrected chi connectivity index (χ2v) is 5.92. The summed E-state index contributed by atoms with van der Waals surface area (Å²) in [7, 11) is 1.83. The Balaban J connectivity index is 1.74. The first-order chi connectivity index (χ1) is 10.3. The van der Waals surface area contributed by atoms with E-state index in [0.29, 0.717) is 12.3 Å². The smallest absolute Gasteiger partial charge is 0.220 e. The van der Waals surface area contributed by atoms with Crippen molar-refractivity contribution in [3.05, 3.63) is 12.7 Å². The molecule has 110 valence electrons. The molecular formula is C14H18N6O. The van der Waals surface area contributed by atoms with E-state index >= 15 is 0 Å². The summed E-state index contributed by atoms with van der Waals surface area (Å²) in [6.07, 6.45) is 7.27. The Kier molecular flexibility index (Phi) is 2.80. The summed E-state index contributed by atoms with van der Waals surface area (Å²) >= 11 is 0. The number of carbonyl (C=O) groups excluding carboxylic acids is 1. The number of imidazole rings is 1. The van der Waals surface area contributed by atoms with Crippen molar-refractivity contribution in [3.8, 4) is 0 Å². The molecule has 1 amide bonds. The molecule has 1 aliphatic heterocycles. The van der Waals surface area contributed by atoms with Gasteiger partial charge in [0.05, 0.1) is 12.4 Å². The molecule has 0 unspecified atom stereocenters. The van der Waals surface area contributed by atoms with Crippen molar-refractivity contribution in [2.24, 2.45) is 5.92 Å². The number of piperidine rings is 1. The number of carbonyl (C=O) groups is 1. The number of aromatic nitrogens is 4. The average Bonchev–Trinajstić information content (AvgIpc) is 2.91. The number of amides is 1. The Hall–Kier alpha value is -2.18. The van der Waals surface area contributed by atoms with E-state index in [2.05, 4.69) is 30.2 Å². The monoisotopic (exact) mass is 286 g/mol. The van der Waals surface area contributed by atoms with Crippen LogP contribution < -0.4 is 10.6 Å². The van der Waals surface area contributed by atoms with Gasteiger partial charge >= 0.3 is 0 Å². The molecule has 3 heterocycles. The standard InChI is InChI=1S/C14H18N6O/c1-15-13-12-14(17-6-16-13)20(7-18-12)10-3-2-8-4-9(10)19-11(21)5-8/h6-10H,2-5H2,1H3,(H,19,21)(H,15,16,17)/t8-,9+,10-/m1/s1.